The molecule has 3 aliphatic heterocycles. The number of aliphatic hydroxyl groups is 1. The lowest BCUT2D eigenvalue weighted by atomic mass is 9.88. The highest BCUT2D eigenvalue weighted by molar-refractivity contribution is 5.51. The fourth-order valence-electron chi connectivity index (χ4n) is 2.65. The van der Waals surface area contributed by atoms with Gasteiger partial charge in [0.2, 0.25) is 6.41 Å². The topological polar surface area (TPSA) is 55.8 Å². The lowest BCUT2D eigenvalue weighted by Gasteiger charge is -2.55. The van der Waals surface area contributed by atoms with Gasteiger partial charge < -0.3 is 15.3 Å². The maximum atomic E-state index is 10.7. The van der Waals surface area contributed by atoms with Crippen LogP contribution >= 0.6 is 0 Å². The number of aliphatic hydroxyl groups excluding tert-OH is 1. The molecule has 1 amide bonds. The Bertz CT molecular complexity index is 225. The second-order valence-electron chi connectivity index (χ2n) is 4.53. The second-order valence-corrected chi connectivity index (χ2v) is 4.53. The zero-order valence-corrected chi connectivity index (χ0v) is 9.09. The lowest BCUT2D eigenvalue weighted by Crippen LogP contribution is -2.68. The van der Waals surface area contributed by atoms with Crippen LogP contribution in [-0.4, -0.2) is 72.7 Å². The summed E-state index contributed by atoms with van der Waals surface area (Å²) in [6, 6.07) is 0.783. The van der Waals surface area contributed by atoms with Crippen molar-refractivity contribution in [2.75, 3.05) is 33.2 Å². The van der Waals surface area contributed by atoms with Crippen molar-refractivity contribution in [2.24, 2.45) is 0 Å². The van der Waals surface area contributed by atoms with Gasteiger partial charge in [0.1, 0.15) is 0 Å². The van der Waals surface area contributed by atoms with Crippen LogP contribution in [0, 0.1) is 0 Å². The number of likely N-dealkylation sites (N-methyl/N-ethyl adjacent to an activating group) is 1. The van der Waals surface area contributed by atoms with Gasteiger partial charge in [0.25, 0.3) is 0 Å². The summed E-state index contributed by atoms with van der Waals surface area (Å²) in [5, 5.41) is 12.6. The number of carbonyl (C=O) groups is 1. The molecule has 0 aliphatic carbocycles. The molecule has 3 heterocycles. The van der Waals surface area contributed by atoms with E-state index in [0.717, 1.165) is 25.9 Å². The predicted octanol–water partition coefficient (Wildman–Crippen LogP) is -1.52. The summed E-state index contributed by atoms with van der Waals surface area (Å²) < 4.78 is 0. The summed E-state index contributed by atoms with van der Waals surface area (Å²) in [6.07, 6.45) is 1.79. The quantitative estimate of drug-likeness (QED) is 0.545. The Hall–Kier alpha value is -0.650. The van der Waals surface area contributed by atoms with Crippen LogP contribution in [0.25, 0.3) is 0 Å². The third-order valence-corrected chi connectivity index (χ3v) is 3.36. The number of fused-ring (bicyclic) bond motifs is 2. The summed E-state index contributed by atoms with van der Waals surface area (Å²) >= 11 is 0. The minimum Gasteiger partial charge on any atom is -0.390 e. The summed E-state index contributed by atoms with van der Waals surface area (Å²) in [4.78, 5) is 14.8. The molecule has 5 heteroatoms. The summed E-state index contributed by atoms with van der Waals surface area (Å²) in [5.74, 6) is 0. The molecule has 3 aliphatic rings. The van der Waals surface area contributed by atoms with Crippen LogP contribution < -0.4 is 5.32 Å². The van der Waals surface area contributed by atoms with Crippen LogP contribution in [0.1, 0.15) is 6.42 Å². The smallest absolute Gasteiger partial charge is 0.210 e. The molecule has 0 aromatic heterocycles. The van der Waals surface area contributed by atoms with Crippen LogP contribution in [0.4, 0.5) is 0 Å². The fraction of sp³-hybridized carbons (Fsp3) is 0.900. The van der Waals surface area contributed by atoms with E-state index in [1.165, 1.54) is 0 Å². The van der Waals surface area contributed by atoms with E-state index < -0.39 is 0 Å². The Morgan fingerprint density at radius 3 is 2.73 bits per heavy atom. The van der Waals surface area contributed by atoms with Crippen molar-refractivity contribution < 1.29 is 9.90 Å². The number of hydrogen-bond donors (Lipinski definition) is 2. The number of piperazine rings is 1. The molecule has 86 valence electrons. The number of piperidine rings is 1. The van der Waals surface area contributed by atoms with Gasteiger partial charge in [-0.1, -0.05) is 0 Å². The zero-order chi connectivity index (χ0) is 10.8. The standard InChI is InChI=1S/C10H19N3O2/c1-11-3-10(15)6-12-4-8-2-9(5-12)13(8)7-14/h7-11,15H,2-6H2,1H3/t8-,9+,10?. The van der Waals surface area contributed by atoms with Gasteiger partial charge in [0.05, 0.1) is 6.10 Å². The minimum atomic E-state index is -0.308. The Balaban J connectivity index is 1.76. The molecule has 1 unspecified atom stereocenters. The summed E-state index contributed by atoms with van der Waals surface area (Å²) in [5.41, 5.74) is 0. The predicted molar refractivity (Wildman–Crippen MR) is 56.5 cm³/mol. The molecule has 0 aromatic rings. The number of carbonyl (C=O) groups excluding carboxylic acids is 1. The molecule has 2 bridgehead atoms. The van der Waals surface area contributed by atoms with Crippen molar-refractivity contribution in [3.63, 3.8) is 0 Å². The van der Waals surface area contributed by atoms with E-state index in [1.54, 1.807) is 0 Å². The van der Waals surface area contributed by atoms with Gasteiger partial charge in [0, 0.05) is 38.3 Å². The van der Waals surface area contributed by atoms with Crippen molar-refractivity contribution >= 4 is 6.41 Å². The van der Waals surface area contributed by atoms with Gasteiger partial charge in [-0.2, -0.15) is 0 Å². The molecular formula is C10H19N3O2. The van der Waals surface area contributed by atoms with E-state index in [4.69, 9.17) is 0 Å². The molecule has 3 fully saturated rings. The maximum absolute atomic E-state index is 10.7. The van der Waals surface area contributed by atoms with Crippen LogP contribution in [0.2, 0.25) is 0 Å². The van der Waals surface area contributed by atoms with Crippen molar-refractivity contribution in [1.29, 1.82) is 0 Å². The average molecular weight is 213 g/mol. The van der Waals surface area contributed by atoms with Crippen molar-refractivity contribution in [2.45, 2.75) is 24.6 Å². The molecular weight excluding hydrogens is 194 g/mol. The van der Waals surface area contributed by atoms with Crippen molar-refractivity contribution in [3.8, 4) is 0 Å². The summed E-state index contributed by atoms with van der Waals surface area (Å²) in [6.45, 7) is 3.16. The monoisotopic (exact) mass is 213 g/mol. The van der Waals surface area contributed by atoms with Gasteiger partial charge in [-0.3, -0.25) is 9.69 Å². The van der Waals surface area contributed by atoms with Gasteiger partial charge in [0.15, 0.2) is 0 Å². The molecule has 3 rings (SSSR count). The van der Waals surface area contributed by atoms with Crippen molar-refractivity contribution in [3.05, 3.63) is 0 Å². The van der Waals surface area contributed by atoms with Crippen LogP contribution in [-0.2, 0) is 4.79 Å². The largest absolute Gasteiger partial charge is 0.390 e. The van der Waals surface area contributed by atoms with Crippen molar-refractivity contribution in [1.82, 2.24) is 15.1 Å². The van der Waals surface area contributed by atoms with E-state index in [1.807, 2.05) is 11.9 Å². The number of rotatable bonds is 5. The number of nitrogens with one attached hydrogen (secondary N) is 1. The van der Waals surface area contributed by atoms with E-state index in [9.17, 15) is 9.90 Å². The highest BCUT2D eigenvalue weighted by Crippen LogP contribution is 2.30. The van der Waals surface area contributed by atoms with Crippen LogP contribution in [0.5, 0.6) is 0 Å². The van der Waals surface area contributed by atoms with E-state index in [-0.39, 0.29) is 6.10 Å². The van der Waals surface area contributed by atoms with E-state index in [2.05, 4.69) is 10.2 Å². The molecule has 5 nitrogen and oxygen atoms in total. The Morgan fingerprint density at radius 2 is 2.20 bits per heavy atom. The SMILES string of the molecule is CNCC(O)CN1C[C@H]2C[C@@H](C1)N2C=O. The highest BCUT2D eigenvalue weighted by Gasteiger charge is 2.43. The van der Waals surface area contributed by atoms with Gasteiger partial charge in [-0.25, -0.2) is 0 Å². The molecule has 3 saturated heterocycles. The summed E-state index contributed by atoms with van der Waals surface area (Å²) in [7, 11) is 1.84. The van der Waals surface area contributed by atoms with E-state index >= 15 is 0 Å². The first-order chi connectivity index (χ1) is 7.24. The first kappa shape index (κ1) is 10.9. The zero-order valence-electron chi connectivity index (χ0n) is 9.09. The Kier molecular flexibility index (Phi) is 3.23. The molecule has 3 atom stereocenters. The normalized spacial score (nSPS) is 32.3. The highest BCUT2D eigenvalue weighted by atomic mass is 16.3. The molecule has 0 aromatic carbocycles. The lowest BCUT2D eigenvalue weighted by molar-refractivity contribution is -0.140. The average Bonchev–Trinajstić information content (AvgIpc) is 2.18. The maximum Gasteiger partial charge on any atom is 0.210 e. The molecule has 2 N–H and O–H groups in total. The number of nitrogens with zero attached hydrogens (tertiary/aromatic N) is 2. The fourth-order valence-corrected chi connectivity index (χ4v) is 2.65. The first-order valence-corrected chi connectivity index (χ1v) is 5.52. The minimum absolute atomic E-state index is 0.308. The number of amides is 1. The second kappa shape index (κ2) is 4.47. The number of hydrogen-bond acceptors (Lipinski definition) is 4. The van der Waals surface area contributed by atoms with E-state index in [0.29, 0.717) is 25.2 Å². The third-order valence-electron chi connectivity index (χ3n) is 3.36. The van der Waals surface area contributed by atoms with Gasteiger partial charge in [-0.05, 0) is 13.5 Å². The van der Waals surface area contributed by atoms with Gasteiger partial charge in [-0.15, -0.1) is 0 Å². The van der Waals surface area contributed by atoms with Crippen LogP contribution in [0.3, 0.4) is 0 Å². The molecule has 0 saturated carbocycles. The molecule has 0 radical (unpaired) electrons. The Labute approximate surface area is 90.0 Å². The molecule has 15 heavy (non-hydrogen) atoms. The van der Waals surface area contributed by atoms with Gasteiger partial charge >= 0.3 is 0 Å². The first-order valence-electron chi connectivity index (χ1n) is 5.52. The molecule has 0 spiro atoms. The van der Waals surface area contributed by atoms with Crippen LogP contribution in [0.15, 0.2) is 0 Å². The Morgan fingerprint density at radius 1 is 1.53 bits per heavy atom. The third kappa shape index (κ3) is 2.14.